The molecule has 0 saturated carbocycles. The quantitative estimate of drug-likeness (QED) is 0.323. The molecule has 4 aromatic carbocycles. The Kier molecular flexibility index (Phi) is 6.63. The summed E-state index contributed by atoms with van der Waals surface area (Å²) in [6, 6.07) is 29.8. The maximum atomic E-state index is 13.6. The molecule has 0 radical (unpaired) electrons. The molecular formula is C31H30N2O3. The average Bonchev–Trinajstić information content (AvgIpc) is 2.91. The number of ether oxygens (including phenoxy) is 2. The Morgan fingerprint density at radius 1 is 0.861 bits per heavy atom. The van der Waals surface area contributed by atoms with E-state index in [1.807, 2.05) is 83.8 Å². The molecule has 1 atom stereocenters. The highest BCUT2D eigenvalue weighted by molar-refractivity contribution is 6.01. The highest BCUT2D eigenvalue weighted by Crippen LogP contribution is 2.36. The Balaban J connectivity index is 1.49. The number of hydrogen-bond donors (Lipinski definition) is 1. The van der Waals surface area contributed by atoms with E-state index in [1.165, 1.54) is 5.56 Å². The minimum absolute atomic E-state index is 0.00204. The molecule has 182 valence electrons. The van der Waals surface area contributed by atoms with Crippen molar-refractivity contribution >= 4 is 11.6 Å². The van der Waals surface area contributed by atoms with E-state index in [2.05, 4.69) is 31.3 Å². The molecule has 5 heteroatoms. The van der Waals surface area contributed by atoms with Crippen molar-refractivity contribution in [3.63, 3.8) is 0 Å². The number of nitrogens with one attached hydrogen (secondary N) is 1. The number of amides is 1. The molecule has 5 nitrogen and oxygen atoms in total. The summed E-state index contributed by atoms with van der Waals surface area (Å²) in [5, 5.41) is 3.59. The summed E-state index contributed by atoms with van der Waals surface area (Å²) >= 11 is 0. The van der Waals surface area contributed by atoms with Crippen LogP contribution in [0, 0.1) is 13.8 Å². The zero-order valence-corrected chi connectivity index (χ0v) is 20.8. The molecule has 0 aliphatic carbocycles. The fourth-order valence-electron chi connectivity index (χ4n) is 4.62. The van der Waals surface area contributed by atoms with Gasteiger partial charge in [0, 0.05) is 17.8 Å². The third kappa shape index (κ3) is 4.65. The molecule has 0 fully saturated rings. The number of rotatable bonds is 7. The van der Waals surface area contributed by atoms with Crippen molar-refractivity contribution in [3.8, 4) is 11.5 Å². The van der Waals surface area contributed by atoms with Crippen LogP contribution in [0.1, 0.15) is 44.3 Å². The number of carbonyl (C=O) groups excluding carboxylic acids is 1. The van der Waals surface area contributed by atoms with Gasteiger partial charge in [0.25, 0.3) is 5.91 Å². The normalized spacial score (nSPS) is 14.7. The molecule has 4 aromatic rings. The molecule has 0 saturated heterocycles. The van der Waals surface area contributed by atoms with Crippen molar-refractivity contribution in [2.75, 3.05) is 12.4 Å². The topological polar surface area (TPSA) is 50.8 Å². The highest BCUT2D eigenvalue weighted by Gasteiger charge is 2.33. The van der Waals surface area contributed by atoms with Crippen molar-refractivity contribution in [2.24, 2.45) is 0 Å². The van der Waals surface area contributed by atoms with Gasteiger partial charge < -0.3 is 19.7 Å². The van der Waals surface area contributed by atoms with E-state index in [0.29, 0.717) is 18.7 Å². The standard InChI is InChI=1S/C31H30N2O3/c1-21-10-9-15-28(22(21)2)36-20-25-18-24(16-17-29(25)35-3)30-32-27-14-8-7-13-26(27)31(34)33(30)19-23-11-5-4-6-12-23/h4-18,30,32H,19-20H2,1-3H3. The minimum atomic E-state index is -0.335. The van der Waals surface area contributed by atoms with Gasteiger partial charge in [0.15, 0.2) is 0 Å². The van der Waals surface area contributed by atoms with Crippen molar-refractivity contribution < 1.29 is 14.3 Å². The lowest BCUT2D eigenvalue weighted by atomic mass is 10.0. The van der Waals surface area contributed by atoms with Crippen LogP contribution in [-0.2, 0) is 13.2 Å². The van der Waals surface area contributed by atoms with Crippen molar-refractivity contribution in [2.45, 2.75) is 33.2 Å². The summed E-state index contributed by atoms with van der Waals surface area (Å²) in [4.78, 5) is 15.5. The number of methoxy groups -OCH3 is 1. The maximum absolute atomic E-state index is 13.6. The first-order valence-corrected chi connectivity index (χ1v) is 12.1. The minimum Gasteiger partial charge on any atom is -0.496 e. The molecule has 1 heterocycles. The Bertz CT molecular complexity index is 1380. The number of nitrogens with zero attached hydrogens (tertiary/aromatic N) is 1. The number of fused-ring (bicyclic) bond motifs is 1. The van der Waals surface area contributed by atoms with Crippen molar-refractivity contribution in [1.82, 2.24) is 4.90 Å². The fraction of sp³-hybridized carbons (Fsp3) is 0.194. The smallest absolute Gasteiger partial charge is 0.258 e. The second kappa shape index (κ2) is 10.2. The molecule has 1 aliphatic rings. The van der Waals surface area contributed by atoms with E-state index < -0.39 is 0 Å². The first-order chi connectivity index (χ1) is 17.5. The number of benzene rings is 4. The van der Waals surface area contributed by atoms with E-state index in [0.717, 1.165) is 39.4 Å². The number of aryl methyl sites for hydroxylation is 1. The third-order valence-electron chi connectivity index (χ3n) is 6.78. The van der Waals surface area contributed by atoms with Crippen molar-refractivity contribution in [1.29, 1.82) is 0 Å². The Morgan fingerprint density at radius 3 is 2.44 bits per heavy atom. The van der Waals surface area contributed by atoms with E-state index in [9.17, 15) is 4.79 Å². The lowest BCUT2D eigenvalue weighted by molar-refractivity contribution is 0.0666. The van der Waals surface area contributed by atoms with Crippen LogP contribution < -0.4 is 14.8 Å². The summed E-state index contributed by atoms with van der Waals surface area (Å²) in [7, 11) is 1.66. The summed E-state index contributed by atoms with van der Waals surface area (Å²) < 4.78 is 11.9. The zero-order valence-electron chi connectivity index (χ0n) is 20.8. The molecule has 0 spiro atoms. The summed E-state index contributed by atoms with van der Waals surface area (Å²) in [5.74, 6) is 1.61. The van der Waals surface area contributed by atoms with Gasteiger partial charge in [-0.05, 0) is 66.4 Å². The van der Waals surface area contributed by atoms with Crippen LogP contribution in [0.15, 0.2) is 91.0 Å². The average molecular weight is 479 g/mol. The number of carbonyl (C=O) groups is 1. The summed E-state index contributed by atoms with van der Waals surface area (Å²) in [5.41, 5.74) is 6.78. The van der Waals surface area contributed by atoms with Gasteiger partial charge in [0.2, 0.25) is 0 Å². The number of anilines is 1. The lowest BCUT2D eigenvalue weighted by Crippen LogP contribution is -2.42. The molecule has 36 heavy (non-hydrogen) atoms. The molecule has 0 aromatic heterocycles. The van der Waals surface area contributed by atoms with Gasteiger partial charge in [-0.25, -0.2) is 0 Å². The summed E-state index contributed by atoms with van der Waals surface area (Å²) in [6.07, 6.45) is -0.335. The van der Waals surface area contributed by atoms with Crippen LogP contribution in [-0.4, -0.2) is 17.9 Å². The Hall–Kier alpha value is -4.25. The molecule has 1 unspecified atom stereocenters. The largest absolute Gasteiger partial charge is 0.496 e. The van der Waals surface area contributed by atoms with Gasteiger partial charge in [-0.1, -0.05) is 60.7 Å². The summed E-state index contributed by atoms with van der Waals surface area (Å²) in [6.45, 7) is 4.99. The van der Waals surface area contributed by atoms with Gasteiger partial charge >= 0.3 is 0 Å². The van der Waals surface area contributed by atoms with Gasteiger partial charge in [-0.3, -0.25) is 4.79 Å². The predicted octanol–water partition coefficient (Wildman–Crippen LogP) is 6.66. The number of hydrogen-bond acceptors (Lipinski definition) is 4. The van der Waals surface area contributed by atoms with Crippen LogP contribution in [0.25, 0.3) is 0 Å². The van der Waals surface area contributed by atoms with Gasteiger partial charge in [0.1, 0.15) is 24.3 Å². The lowest BCUT2D eigenvalue weighted by Gasteiger charge is -2.38. The highest BCUT2D eigenvalue weighted by atomic mass is 16.5. The van der Waals surface area contributed by atoms with Crippen LogP contribution in [0.5, 0.6) is 11.5 Å². The second-order valence-corrected chi connectivity index (χ2v) is 9.07. The molecule has 5 rings (SSSR count). The molecule has 1 amide bonds. The first kappa shape index (κ1) is 23.5. The molecule has 1 N–H and O–H groups in total. The Morgan fingerprint density at radius 2 is 1.64 bits per heavy atom. The fourth-order valence-corrected chi connectivity index (χ4v) is 4.62. The van der Waals surface area contributed by atoms with Crippen molar-refractivity contribution in [3.05, 3.63) is 124 Å². The van der Waals surface area contributed by atoms with Crippen LogP contribution in [0.4, 0.5) is 5.69 Å². The second-order valence-electron chi connectivity index (χ2n) is 9.07. The van der Waals surface area contributed by atoms with Crippen LogP contribution in [0.3, 0.4) is 0 Å². The third-order valence-corrected chi connectivity index (χ3v) is 6.78. The Labute approximate surface area is 212 Å². The monoisotopic (exact) mass is 478 g/mol. The van der Waals surface area contributed by atoms with E-state index in [1.54, 1.807) is 7.11 Å². The van der Waals surface area contributed by atoms with Gasteiger partial charge in [-0.2, -0.15) is 0 Å². The molecule has 0 bridgehead atoms. The van der Waals surface area contributed by atoms with Gasteiger partial charge in [-0.15, -0.1) is 0 Å². The molecular weight excluding hydrogens is 448 g/mol. The maximum Gasteiger partial charge on any atom is 0.258 e. The van der Waals surface area contributed by atoms with E-state index >= 15 is 0 Å². The van der Waals surface area contributed by atoms with Crippen LogP contribution in [0.2, 0.25) is 0 Å². The number of para-hydroxylation sites is 1. The van der Waals surface area contributed by atoms with Crippen LogP contribution >= 0.6 is 0 Å². The van der Waals surface area contributed by atoms with Gasteiger partial charge in [0.05, 0.1) is 12.7 Å². The van der Waals surface area contributed by atoms with E-state index in [4.69, 9.17) is 9.47 Å². The predicted molar refractivity (Wildman–Crippen MR) is 142 cm³/mol. The first-order valence-electron chi connectivity index (χ1n) is 12.1. The van der Waals surface area contributed by atoms with E-state index in [-0.39, 0.29) is 12.1 Å². The zero-order chi connectivity index (χ0) is 25.1. The molecule has 1 aliphatic heterocycles. The SMILES string of the molecule is COc1ccc(C2Nc3ccccc3C(=O)N2Cc2ccccc2)cc1COc1cccc(C)c1C.